The van der Waals surface area contributed by atoms with Gasteiger partial charge in [-0.25, -0.2) is 0 Å². The van der Waals surface area contributed by atoms with Gasteiger partial charge in [-0.2, -0.15) is 0 Å². The van der Waals surface area contributed by atoms with Gasteiger partial charge in [0.1, 0.15) is 0 Å². The molecule has 0 radical (unpaired) electrons. The van der Waals surface area contributed by atoms with Crippen molar-refractivity contribution in [2.75, 3.05) is 19.6 Å². The highest BCUT2D eigenvalue weighted by atomic mass is 15.2. The van der Waals surface area contributed by atoms with Gasteiger partial charge in [0.25, 0.3) is 0 Å². The van der Waals surface area contributed by atoms with Crippen molar-refractivity contribution in [1.29, 1.82) is 0 Å². The molecule has 1 saturated carbocycles. The molecule has 1 atom stereocenters. The molecule has 90 valence electrons. The van der Waals surface area contributed by atoms with Crippen molar-refractivity contribution in [3.05, 3.63) is 0 Å². The van der Waals surface area contributed by atoms with Crippen LogP contribution in [0.1, 0.15) is 46.5 Å². The highest BCUT2D eigenvalue weighted by molar-refractivity contribution is 4.82. The number of hydrogen-bond donors (Lipinski definition) is 1. The molecule has 1 aliphatic carbocycles. The monoisotopic (exact) mass is 212 g/mol. The van der Waals surface area contributed by atoms with Crippen LogP contribution in [0.3, 0.4) is 0 Å². The summed E-state index contributed by atoms with van der Waals surface area (Å²) in [6.45, 7) is 10.2. The zero-order valence-corrected chi connectivity index (χ0v) is 10.7. The third-order valence-corrected chi connectivity index (χ3v) is 3.23. The van der Waals surface area contributed by atoms with E-state index >= 15 is 0 Å². The van der Waals surface area contributed by atoms with E-state index < -0.39 is 0 Å². The number of nitrogens with zero attached hydrogens (tertiary/aromatic N) is 1. The van der Waals surface area contributed by atoms with Crippen molar-refractivity contribution >= 4 is 0 Å². The normalized spacial score (nSPS) is 18.8. The molecule has 15 heavy (non-hydrogen) atoms. The van der Waals surface area contributed by atoms with Gasteiger partial charge in [0.15, 0.2) is 0 Å². The number of rotatable bonds is 8. The van der Waals surface area contributed by atoms with E-state index in [1.165, 1.54) is 38.8 Å². The predicted molar refractivity (Wildman–Crippen MR) is 66.9 cm³/mol. The van der Waals surface area contributed by atoms with Gasteiger partial charge in [0.2, 0.25) is 0 Å². The summed E-state index contributed by atoms with van der Waals surface area (Å²) in [5, 5.41) is 0. The van der Waals surface area contributed by atoms with Crippen molar-refractivity contribution in [3.63, 3.8) is 0 Å². The van der Waals surface area contributed by atoms with E-state index in [-0.39, 0.29) is 0 Å². The van der Waals surface area contributed by atoms with E-state index in [9.17, 15) is 0 Å². The molecule has 1 aliphatic rings. The Bertz CT molecular complexity index is 164. The molecule has 1 fully saturated rings. The standard InChI is InChI=1S/C13H28N2/c1-4-7-15(10-12-5-6-12)13(9-14)8-11(2)3/h11-13H,4-10,14H2,1-3H3. The summed E-state index contributed by atoms with van der Waals surface area (Å²) in [4.78, 5) is 2.64. The SMILES string of the molecule is CCCN(CC1CC1)C(CN)CC(C)C. The molecule has 0 spiro atoms. The molecule has 2 heteroatoms. The maximum atomic E-state index is 5.91. The maximum Gasteiger partial charge on any atom is 0.0220 e. The third-order valence-electron chi connectivity index (χ3n) is 3.23. The highest BCUT2D eigenvalue weighted by Gasteiger charge is 2.27. The second kappa shape index (κ2) is 6.49. The van der Waals surface area contributed by atoms with Gasteiger partial charge >= 0.3 is 0 Å². The van der Waals surface area contributed by atoms with Crippen LogP contribution in [0.2, 0.25) is 0 Å². The maximum absolute atomic E-state index is 5.91. The summed E-state index contributed by atoms with van der Waals surface area (Å²) in [7, 11) is 0. The van der Waals surface area contributed by atoms with Crippen LogP contribution >= 0.6 is 0 Å². The molecule has 0 aliphatic heterocycles. The summed E-state index contributed by atoms with van der Waals surface area (Å²) >= 11 is 0. The Morgan fingerprint density at radius 3 is 2.40 bits per heavy atom. The second-order valence-corrected chi connectivity index (χ2v) is 5.46. The Kier molecular flexibility index (Phi) is 5.62. The van der Waals surface area contributed by atoms with Crippen LogP contribution in [0.25, 0.3) is 0 Å². The summed E-state index contributed by atoms with van der Waals surface area (Å²) in [5.74, 6) is 1.75. The smallest absolute Gasteiger partial charge is 0.0220 e. The molecule has 0 bridgehead atoms. The molecular weight excluding hydrogens is 184 g/mol. The van der Waals surface area contributed by atoms with Gasteiger partial charge in [-0.15, -0.1) is 0 Å². The fourth-order valence-electron chi connectivity index (χ4n) is 2.28. The average molecular weight is 212 g/mol. The van der Waals surface area contributed by atoms with E-state index in [4.69, 9.17) is 5.73 Å². The summed E-state index contributed by atoms with van der Waals surface area (Å²) < 4.78 is 0. The lowest BCUT2D eigenvalue weighted by Crippen LogP contribution is -2.43. The van der Waals surface area contributed by atoms with Crippen LogP contribution in [0.4, 0.5) is 0 Å². The third kappa shape index (κ3) is 4.98. The Balaban J connectivity index is 2.40. The van der Waals surface area contributed by atoms with Crippen molar-refractivity contribution in [1.82, 2.24) is 4.90 Å². The Morgan fingerprint density at radius 2 is 2.00 bits per heavy atom. The minimum atomic E-state index is 0.616. The predicted octanol–water partition coefficient (Wildman–Crippen LogP) is 2.48. The number of nitrogens with two attached hydrogens (primary N) is 1. The van der Waals surface area contributed by atoms with E-state index in [2.05, 4.69) is 25.7 Å². The lowest BCUT2D eigenvalue weighted by molar-refractivity contribution is 0.170. The van der Waals surface area contributed by atoms with E-state index in [0.29, 0.717) is 6.04 Å². The zero-order chi connectivity index (χ0) is 11.3. The van der Waals surface area contributed by atoms with Gasteiger partial charge in [0.05, 0.1) is 0 Å². The van der Waals surface area contributed by atoms with Crippen LogP contribution in [0.5, 0.6) is 0 Å². The lowest BCUT2D eigenvalue weighted by Gasteiger charge is -2.32. The van der Waals surface area contributed by atoms with E-state index in [1.807, 2.05) is 0 Å². The Morgan fingerprint density at radius 1 is 1.33 bits per heavy atom. The molecule has 0 aromatic carbocycles. The molecular formula is C13H28N2. The molecule has 0 aromatic heterocycles. The summed E-state index contributed by atoms with van der Waals surface area (Å²) in [6.07, 6.45) is 5.39. The molecule has 1 rings (SSSR count). The first-order valence-electron chi connectivity index (χ1n) is 6.61. The summed E-state index contributed by atoms with van der Waals surface area (Å²) in [6, 6.07) is 0.616. The average Bonchev–Trinajstić information content (AvgIpc) is 2.97. The first-order valence-corrected chi connectivity index (χ1v) is 6.61. The minimum Gasteiger partial charge on any atom is -0.329 e. The van der Waals surface area contributed by atoms with Crippen molar-refractivity contribution in [2.24, 2.45) is 17.6 Å². The second-order valence-electron chi connectivity index (χ2n) is 5.46. The largest absolute Gasteiger partial charge is 0.329 e. The molecule has 0 aromatic rings. The Hall–Kier alpha value is -0.0800. The highest BCUT2D eigenvalue weighted by Crippen LogP contribution is 2.30. The van der Waals surface area contributed by atoms with Gasteiger partial charge in [0, 0.05) is 19.1 Å². The fraction of sp³-hybridized carbons (Fsp3) is 1.00. The summed E-state index contributed by atoms with van der Waals surface area (Å²) in [5.41, 5.74) is 5.91. The van der Waals surface area contributed by atoms with Crippen LogP contribution in [0.15, 0.2) is 0 Å². The van der Waals surface area contributed by atoms with Crippen molar-refractivity contribution in [3.8, 4) is 0 Å². The molecule has 2 nitrogen and oxygen atoms in total. The van der Waals surface area contributed by atoms with E-state index in [0.717, 1.165) is 18.4 Å². The minimum absolute atomic E-state index is 0.616. The first-order chi connectivity index (χ1) is 7.17. The molecule has 1 unspecified atom stereocenters. The van der Waals surface area contributed by atoms with Crippen LogP contribution in [-0.2, 0) is 0 Å². The first kappa shape index (κ1) is 13.0. The lowest BCUT2D eigenvalue weighted by atomic mass is 10.0. The quantitative estimate of drug-likeness (QED) is 0.670. The zero-order valence-electron chi connectivity index (χ0n) is 10.7. The van der Waals surface area contributed by atoms with Gasteiger partial charge in [-0.1, -0.05) is 20.8 Å². The van der Waals surface area contributed by atoms with Gasteiger partial charge < -0.3 is 5.73 Å². The Labute approximate surface area is 95.2 Å². The van der Waals surface area contributed by atoms with E-state index in [1.54, 1.807) is 0 Å². The van der Waals surface area contributed by atoms with Crippen molar-refractivity contribution < 1.29 is 0 Å². The molecule has 2 N–H and O–H groups in total. The van der Waals surface area contributed by atoms with Crippen molar-refractivity contribution in [2.45, 2.75) is 52.5 Å². The van der Waals surface area contributed by atoms with Crippen LogP contribution in [0, 0.1) is 11.8 Å². The van der Waals surface area contributed by atoms with Crippen LogP contribution in [-0.4, -0.2) is 30.6 Å². The van der Waals surface area contributed by atoms with Gasteiger partial charge in [-0.3, -0.25) is 4.90 Å². The number of hydrogen-bond acceptors (Lipinski definition) is 2. The molecule has 0 saturated heterocycles. The fourth-order valence-corrected chi connectivity index (χ4v) is 2.28. The van der Waals surface area contributed by atoms with Crippen LogP contribution < -0.4 is 5.73 Å². The van der Waals surface area contributed by atoms with Gasteiger partial charge in [-0.05, 0) is 44.1 Å². The molecule has 0 heterocycles. The topological polar surface area (TPSA) is 29.3 Å². The molecule has 0 amide bonds.